The Bertz CT molecular complexity index is 867. The van der Waals surface area contributed by atoms with E-state index in [9.17, 15) is 9.59 Å². The predicted molar refractivity (Wildman–Crippen MR) is 122 cm³/mol. The molecule has 0 radical (unpaired) electrons. The summed E-state index contributed by atoms with van der Waals surface area (Å²) in [5.74, 6) is 0.724. The van der Waals surface area contributed by atoms with Crippen LogP contribution in [0, 0.1) is 0 Å². The molecule has 2 aromatic rings. The molecule has 0 heterocycles. The maximum absolute atomic E-state index is 12.1. The topological polar surface area (TPSA) is 74.3 Å². The van der Waals surface area contributed by atoms with Crippen molar-refractivity contribution in [2.45, 2.75) is 31.8 Å². The van der Waals surface area contributed by atoms with E-state index in [2.05, 4.69) is 10.8 Å². The Labute approximate surface area is 190 Å². The fourth-order valence-electron chi connectivity index (χ4n) is 3.22. The summed E-state index contributed by atoms with van der Waals surface area (Å²) in [4.78, 5) is 25.3. The van der Waals surface area contributed by atoms with Crippen LogP contribution in [0.1, 0.15) is 24.0 Å². The van der Waals surface area contributed by atoms with Crippen LogP contribution < -0.4 is 9.47 Å². The second-order valence-corrected chi connectivity index (χ2v) is 7.72. The number of carbonyl (C=O) groups is 2. The molecule has 7 nitrogen and oxygen atoms in total. The molecule has 0 unspecified atom stereocenters. The molecule has 174 valence electrons. The number of para-hydroxylation sites is 1. The maximum Gasteiger partial charge on any atom is 0.306 e. The van der Waals surface area contributed by atoms with Gasteiger partial charge in [0.2, 0.25) is 0 Å². The number of hydrogen-bond acceptors (Lipinski definition) is 7. The average molecular weight is 444 g/mol. The molecule has 0 fully saturated rings. The lowest BCUT2D eigenvalue weighted by Crippen LogP contribution is -2.35. The van der Waals surface area contributed by atoms with Crippen LogP contribution in [0.15, 0.2) is 48.5 Å². The Morgan fingerprint density at radius 1 is 0.938 bits per heavy atom. The molecule has 0 bridgehead atoms. The molecule has 0 aromatic heterocycles. The Hall–Kier alpha value is -3.06. The summed E-state index contributed by atoms with van der Waals surface area (Å²) in [6.45, 7) is 0.730. The average Bonchev–Trinajstić information content (AvgIpc) is 2.79. The number of aryl methyl sites for hydroxylation is 2. The molecule has 0 aliphatic carbocycles. The van der Waals surface area contributed by atoms with Crippen molar-refractivity contribution in [2.75, 3.05) is 41.5 Å². The van der Waals surface area contributed by atoms with Crippen molar-refractivity contribution < 1.29 is 28.5 Å². The Balaban J connectivity index is 1.96. The number of carbonyl (C=O) groups excluding carboxylic acids is 2. The monoisotopic (exact) mass is 443 g/mol. The normalized spacial score (nSPS) is 11.7. The van der Waals surface area contributed by atoms with Crippen LogP contribution in [0.5, 0.6) is 11.5 Å². The van der Waals surface area contributed by atoms with E-state index in [1.807, 2.05) is 61.5 Å². The second-order valence-electron chi connectivity index (χ2n) is 7.72. The van der Waals surface area contributed by atoms with Crippen molar-refractivity contribution in [3.63, 3.8) is 0 Å². The van der Waals surface area contributed by atoms with Gasteiger partial charge in [-0.3, -0.25) is 9.59 Å². The second kappa shape index (κ2) is 13.4. The van der Waals surface area contributed by atoms with Crippen LogP contribution in [0.2, 0.25) is 0 Å². The molecule has 2 aromatic carbocycles. The maximum atomic E-state index is 12.1. The van der Waals surface area contributed by atoms with Gasteiger partial charge in [-0.05, 0) is 56.3 Å². The largest absolute Gasteiger partial charge is 0.497 e. The molecule has 0 saturated heterocycles. The quantitative estimate of drug-likeness (QED) is 0.440. The van der Waals surface area contributed by atoms with E-state index in [1.165, 1.54) is 12.7 Å². The zero-order chi connectivity index (χ0) is 23.3. The molecule has 0 amide bonds. The lowest BCUT2D eigenvalue weighted by atomic mass is 10.0. The standard InChI is InChI=1S/C25H33NO6/c1-26(2)17-22(32-25(28)15-14-24(27)30-4)18-31-23-11-6-5-9-20(23)13-12-19-8-7-10-21(16-19)29-3/h5-11,16,22H,12-15,17-18H2,1-4H3/t22-/m1/s1. The fourth-order valence-corrected chi connectivity index (χ4v) is 3.22. The Morgan fingerprint density at radius 3 is 2.41 bits per heavy atom. The van der Waals surface area contributed by atoms with Crippen molar-refractivity contribution in [3.8, 4) is 11.5 Å². The molecule has 1 atom stereocenters. The minimum Gasteiger partial charge on any atom is -0.497 e. The summed E-state index contributed by atoms with van der Waals surface area (Å²) in [5.41, 5.74) is 2.26. The third-order valence-corrected chi connectivity index (χ3v) is 4.84. The van der Waals surface area contributed by atoms with Gasteiger partial charge in [0, 0.05) is 6.54 Å². The van der Waals surface area contributed by atoms with Gasteiger partial charge in [0.25, 0.3) is 0 Å². The Kier molecular flexibility index (Phi) is 10.5. The summed E-state index contributed by atoms with van der Waals surface area (Å²) in [6, 6.07) is 15.9. The Morgan fingerprint density at radius 2 is 1.69 bits per heavy atom. The van der Waals surface area contributed by atoms with Crippen LogP contribution >= 0.6 is 0 Å². The van der Waals surface area contributed by atoms with Crippen LogP contribution in [-0.4, -0.2) is 64.4 Å². The van der Waals surface area contributed by atoms with Gasteiger partial charge < -0.3 is 23.8 Å². The first-order valence-corrected chi connectivity index (χ1v) is 10.7. The minimum atomic E-state index is -0.457. The molecule has 0 saturated carbocycles. The number of benzene rings is 2. The minimum absolute atomic E-state index is 0.00200. The van der Waals surface area contributed by atoms with Gasteiger partial charge >= 0.3 is 11.9 Å². The van der Waals surface area contributed by atoms with Crippen molar-refractivity contribution >= 4 is 11.9 Å². The summed E-state index contributed by atoms with van der Waals surface area (Å²) in [5, 5.41) is 0. The van der Waals surface area contributed by atoms with Gasteiger partial charge in [-0.2, -0.15) is 0 Å². The number of rotatable bonds is 13. The third kappa shape index (κ3) is 8.98. The van der Waals surface area contributed by atoms with E-state index in [1.54, 1.807) is 7.11 Å². The van der Waals surface area contributed by atoms with E-state index in [-0.39, 0.29) is 19.4 Å². The first-order valence-electron chi connectivity index (χ1n) is 10.7. The summed E-state index contributed by atoms with van der Waals surface area (Å²) >= 11 is 0. The van der Waals surface area contributed by atoms with Gasteiger partial charge in [0.15, 0.2) is 0 Å². The van der Waals surface area contributed by atoms with E-state index in [4.69, 9.17) is 14.2 Å². The van der Waals surface area contributed by atoms with E-state index < -0.39 is 18.0 Å². The van der Waals surface area contributed by atoms with Crippen molar-refractivity contribution in [1.29, 1.82) is 0 Å². The van der Waals surface area contributed by atoms with Gasteiger partial charge in [-0.15, -0.1) is 0 Å². The smallest absolute Gasteiger partial charge is 0.306 e. The summed E-state index contributed by atoms with van der Waals surface area (Å²) in [6.07, 6.45) is 1.18. The lowest BCUT2D eigenvalue weighted by molar-refractivity contribution is -0.154. The third-order valence-electron chi connectivity index (χ3n) is 4.84. The SMILES string of the molecule is COC(=O)CCC(=O)O[C@@H](COc1ccccc1CCc1cccc(OC)c1)CN(C)C. The molecule has 7 heteroatoms. The van der Waals surface area contributed by atoms with E-state index in [0.717, 1.165) is 29.9 Å². The highest BCUT2D eigenvalue weighted by atomic mass is 16.6. The van der Waals surface area contributed by atoms with E-state index in [0.29, 0.717) is 6.54 Å². The molecular weight excluding hydrogens is 410 g/mol. The van der Waals surface area contributed by atoms with Crippen LogP contribution in [0.25, 0.3) is 0 Å². The van der Waals surface area contributed by atoms with Gasteiger partial charge in [0.1, 0.15) is 24.2 Å². The highest BCUT2D eigenvalue weighted by Gasteiger charge is 2.18. The number of likely N-dealkylation sites (N-methyl/N-ethyl adjacent to an activating group) is 1. The molecule has 0 N–H and O–H groups in total. The van der Waals surface area contributed by atoms with E-state index >= 15 is 0 Å². The summed E-state index contributed by atoms with van der Waals surface area (Å²) < 4.78 is 21.5. The highest BCUT2D eigenvalue weighted by Crippen LogP contribution is 2.22. The van der Waals surface area contributed by atoms with Crippen LogP contribution in [0.3, 0.4) is 0 Å². The zero-order valence-electron chi connectivity index (χ0n) is 19.3. The number of esters is 2. The van der Waals surface area contributed by atoms with Gasteiger partial charge in [-0.1, -0.05) is 30.3 Å². The van der Waals surface area contributed by atoms with Crippen molar-refractivity contribution in [3.05, 3.63) is 59.7 Å². The fraction of sp³-hybridized carbons (Fsp3) is 0.440. The zero-order valence-corrected chi connectivity index (χ0v) is 19.3. The first-order chi connectivity index (χ1) is 15.4. The molecule has 0 aliphatic rings. The highest BCUT2D eigenvalue weighted by molar-refractivity contribution is 5.77. The van der Waals surface area contributed by atoms with Crippen LogP contribution in [0.4, 0.5) is 0 Å². The molecular formula is C25H33NO6. The first kappa shape index (κ1) is 25.2. The predicted octanol–water partition coefficient (Wildman–Crippen LogP) is 3.29. The van der Waals surface area contributed by atoms with Crippen molar-refractivity contribution in [2.24, 2.45) is 0 Å². The number of hydrogen-bond donors (Lipinski definition) is 0. The molecule has 0 aliphatic heterocycles. The van der Waals surface area contributed by atoms with Crippen molar-refractivity contribution in [1.82, 2.24) is 4.90 Å². The molecule has 0 spiro atoms. The molecule has 32 heavy (non-hydrogen) atoms. The number of ether oxygens (including phenoxy) is 4. The number of methoxy groups -OCH3 is 2. The van der Waals surface area contributed by atoms with Gasteiger partial charge in [-0.25, -0.2) is 0 Å². The molecule has 2 rings (SSSR count). The van der Waals surface area contributed by atoms with Crippen LogP contribution in [-0.2, 0) is 31.9 Å². The number of nitrogens with zero attached hydrogens (tertiary/aromatic N) is 1. The summed E-state index contributed by atoms with van der Waals surface area (Å²) in [7, 11) is 6.76. The van der Waals surface area contributed by atoms with Gasteiger partial charge in [0.05, 0.1) is 27.1 Å². The lowest BCUT2D eigenvalue weighted by Gasteiger charge is -2.22.